The summed E-state index contributed by atoms with van der Waals surface area (Å²) in [6.07, 6.45) is 28.8. The maximum absolute atomic E-state index is 10.7. The van der Waals surface area contributed by atoms with Gasteiger partial charge in [0, 0.05) is 40.7 Å². The summed E-state index contributed by atoms with van der Waals surface area (Å²) < 4.78 is 11.8. The second-order valence-electron chi connectivity index (χ2n) is 13.7. The summed E-state index contributed by atoms with van der Waals surface area (Å²) in [6, 6.07) is 15.8. The highest BCUT2D eigenvalue weighted by Gasteiger charge is 2.07. The third-order valence-corrected chi connectivity index (χ3v) is 9.40. The van der Waals surface area contributed by atoms with Gasteiger partial charge in [0.25, 0.3) is 0 Å². The molecule has 6 nitrogen and oxygen atoms in total. The van der Waals surface area contributed by atoms with E-state index < -0.39 is 0 Å². The minimum atomic E-state index is 0.0896. The minimum Gasteiger partial charge on any atom is -0.507 e. The number of phenolic OH excluding ortho intramolecular Hbond substituents is 2. The van der Waals surface area contributed by atoms with E-state index in [2.05, 4.69) is 23.8 Å². The standard InChI is InChI=1S/C44H63ClN2O4/c1-3-5-7-9-11-13-15-17-19-21-29-50-39-26-23-36(43(48)32-39)34-46-41-28-25-38(45)31-42(41)47-35-37-24-27-40(33-44(37)49)51-30-22-20-18-16-14-12-10-8-6-4-2/h23-28,31-35,48-49H,3-22,29-30H2,1-2H3. The zero-order chi connectivity index (χ0) is 36.4. The van der Waals surface area contributed by atoms with Gasteiger partial charge in [-0.05, 0) is 55.3 Å². The van der Waals surface area contributed by atoms with Crippen molar-refractivity contribution in [1.82, 2.24) is 0 Å². The van der Waals surface area contributed by atoms with Crippen LogP contribution in [0.5, 0.6) is 23.0 Å². The molecule has 0 radical (unpaired) electrons. The number of nitrogens with zero attached hydrogens (tertiary/aromatic N) is 2. The van der Waals surface area contributed by atoms with E-state index in [1.54, 1.807) is 54.9 Å². The molecule has 0 saturated heterocycles. The van der Waals surface area contributed by atoms with E-state index in [0.717, 1.165) is 25.7 Å². The van der Waals surface area contributed by atoms with Crippen molar-refractivity contribution < 1.29 is 19.7 Å². The van der Waals surface area contributed by atoms with Crippen molar-refractivity contribution in [2.45, 2.75) is 142 Å². The van der Waals surface area contributed by atoms with E-state index in [1.807, 2.05) is 12.1 Å². The molecular formula is C44H63ClN2O4. The first-order chi connectivity index (χ1) is 25.0. The summed E-state index contributed by atoms with van der Waals surface area (Å²) in [6.45, 7) is 5.79. The number of phenols is 2. The summed E-state index contributed by atoms with van der Waals surface area (Å²) in [7, 11) is 0. The van der Waals surface area contributed by atoms with Crippen LogP contribution >= 0.6 is 11.6 Å². The summed E-state index contributed by atoms with van der Waals surface area (Å²) in [5.74, 6) is 1.47. The van der Waals surface area contributed by atoms with Gasteiger partial charge in [-0.1, -0.05) is 141 Å². The number of ether oxygens (including phenoxy) is 2. The van der Waals surface area contributed by atoms with Crippen LogP contribution in [-0.2, 0) is 0 Å². The van der Waals surface area contributed by atoms with E-state index in [4.69, 9.17) is 21.1 Å². The van der Waals surface area contributed by atoms with Gasteiger partial charge in [0.15, 0.2) is 0 Å². The van der Waals surface area contributed by atoms with Crippen LogP contribution in [0.4, 0.5) is 11.4 Å². The van der Waals surface area contributed by atoms with Crippen molar-refractivity contribution in [2.24, 2.45) is 9.98 Å². The summed E-state index contributed by atoms with van der Waals surface area (Å²) in [5, 5.41) is 21.8. The van der Waals surface area contributed by atoms with E-state index in [-0.39, 0.29) is 11.5 Å². The monoisotopic (exact) mass is 718 g/mol. The van der Waals surface area contributed by atoms with Crippen molar-refractivity contribution >= 4 is 35.4 Å². The number of hydrogen-bond acceptors (Lipinski definition) is 6. The number of halogens is 1. The van der Waals surface area contributed by atoms with Gasteiger partial charge in [-0.25, -0.2) is 0 Å². The van der Waals surface area contributed by atoms with Gasteiger partial charge in [0.2, 0.25) is 0 Å². The molecule has 0 aliphatic carbocycles. The Balaban J connectivity index is 1.43. The molecular weight excluding hydrogens is 656 g/mol. The SMILES string of the molecule is CCCCCCCCCCCCOc1ccc(C=Nc2ccc(Cl)cc2N=Cc2ccc(OCCCCCCCCCCCC)cc2O)c(O)c1. The highest BCUT2D eigenvalue weighted by molar-refractivity contribution is 6.31. The van der Waals surface area contributed by atoms with Gasteiger partial charge in [0.05, 0.1) is 24.6 Å². The molecule has 3 aromatic carbocycles. The topological polar surface area (TPSA) is 83.6 Å². The fourth-order valence-corrected chi connectivity index (χ4v) is 6.16. The molecule has 3 aromatic rings. The maximum Gasteiger partial charge on any atom is 0.128 e. The Kier molecular flexibility index (Phi) is 21.6. The van der Waals surface area contributed by atoms with E-state index in [0.29, 0.717) is 52.2 Å². The number of rotatable bonds is 28. The Labute approximate surface area is 313 Å². The number of benzene rings is 3. The smallest absolute Gasteiger partial charge is 0.128 e. The zero-order valence-electron chi connectivity index (χ0n) is 31.4. The molecule has 0 saturated carbocycles. The number of aliphatic imine (C=N–C) groups is 2. The van der Waals surface area contributed by atoms with Gasteiger partial charge in [-0.15, -0.1) is 0 Å². The van der Waals surface area contributed by atoms with Crippen LogP contribution in [0.15, 0.2) is 64.6 Å². The lowest BCUT2D eigenvalue weighted by molar-refractivity contribution is 0.302. The predicted octanol–water partition coefficient (Wildman–Crippen LogP) is 13.9. The number of aromatic hydroxyl groups is 2. The largest absolute Gasteiger partial charge is 0.507 e. The van der Waals surface area contributed by atoms with Crippen molar-refractivity contribution in [2.75, 3.05) is 13.2 Å². The van der Waals surface area contributed by atoms with Gasteiger partial charge in [-0.2, -0.15) is 0 Å². The molecule has 280 valence electrons. The second-order valence-corrected chi connectivity index (χ2v) is 14.1. The highest BCUT2D eigenvalue weighted by atomic mass is 35.5. The van der Waals surface area contributed by atoms with Gasteiger partial charge in [-0.3, -0.25) is 9.98 Å². The number of unbranched alkanes of at least 4 members (excludes halogenated alkanes) is 18. The first kappa shape index (κ1) is 41.9. The lowest BCUT2D eigenvalue weighted by atomic mass is 10.1. The molecule has 7 heteroatoms. The van der Waals surface area contributed by atoms with Gasteiger partial charge in [0.1, 0.15) is 23.0 Å². The lowest BCUT2D eigenvalue weighted by Gasteiger charge is -2.08. The van der Waals surface area contributed by atoms with Crippen LogP contribution in [0, 0.1) is 0 Å². The summed E-state index contributed by atoms with van der Waals surface area (Å²) >= 11 is 6.29. The minimum absolute atomic E-state index is 0.0896. The Morgan fingerprint density at radius 1 is 0.490 bits per heavy atom. The summed E-state index contributed by atoms with van der Waals surface area (Å²) in [4.78, 5) is 9.17. The average molecular weight is 719 g/mol. The maximum atomic E-state index is 10.7. The average Bonchev–Trinajstić information content (AvgIpc) is 3.12. The van der Waals surface area contributed by atoms with Gasteiger partial charge < -0.3 is 19.7 Å². The van der Waals surface area contributed by atoms with Crippen LogP contribution in [0.1, 0.15) is 153 Å². The second kappa shape index (κ2) is 26.3. The fraction of sp³-hybridized carbons (Fsp3) is 0.545. The normalized spacial score (nSPS) is 11.6. The molecule has 0 aliphatic rings. The first-order valence-electron chi connectivity index (χ1n) is 19.8. The molecule has 3 rings (SSSR count). The van der Waals surface area contributed by atoms with Crippen molar-refractivity contribution in [3.05, 3.63) is 70.7 Å². The van der Waals surface area contributed by atoms with Gasteiger partial charge >= 0.3 is 0 Å². The number of hydrogen-bond donors (Lipinski definition) is 2. The Bertz CT molecular complexity index is 1440. The third-order valence-electron chi connectivity index (χ3n) is 9.16. The Morgan fingerprint density at radius 2 is 0.882 bits per heavy atom. The van der Waals surface area contributed by atoms with Crippen molar-refractivity contribution in [3.63, 3.8) is 0 Å². The van der Waals surface area contributed by atoms with Crippen LogP contribution < -0.4 is 9.47 Å². The molecule has 0 fully saturated rings. The zero-order valence-corrected chi connectivity index (χ0v) is 32.1. The Hall–Kier alpha value is -3.51. The Morgan fingerprint density at radius 3 is 1.29 bits per heavy atom. The van der Waals surface area contributed by atoms with E-state index in [1.165, 1.54) is 103 Å². The third kappa shape index (κ3) is 18.0. The summed E-state index contributed by atoms with van der Waals surface area (Å²) in [5.41, 5.74) is 2.24. The molecule has 0 bridgehead atoms. The quantitative estimate of drug-likeness (QED) is 0.0578. The first-order valence-corrected chi connectivity index (χ1v) is 20.2. The van der Waals surface area contributed by atoms with E-state index in [9.17, 15) is 10.2 Å². The van der Waals surface area contributed by atoms with Crippen LogP contribution in [0.3, 0.4) is 0 Å². The lowest BCUT2D eigenvalue weighted by Crippen LogP contribution is -1.97. The van der Waals surface area contributed by atoms with Crippen molar-refractivity contribution in [1.29, 1.82) is 0 Å². The van der Waals surface area contributed by atoms with Crippen LogP contribution in [-0.4, -0.2) is 35.9 Å². The molecule has 0 aliphatic heterocycles. The molecule has 0 aromatic heterocycles. The predicted molar refractivity (Wildman–Crippen MR) is 217 cm³/mol. The molecule has 0 spiro atoms. The van der Waals surface area contributed by atoms with E-state index >= 15 is 0 Å². The van der Waals surface area contributed by atoms with Crippen LogP contribution in [0.25, 0.3) is 0 Å². The molecule has 0 unspecified atom stereocenters. The molecule has 0 atom stereocenters. The fourth-order valence-electron chi connectivity index (χ4n) is 5.99. The van der Waals surface area contributed by atoms with Crippen LogP contribution in [0.2, 0.25) is 5.02 Å². The molecule has 51 heavy (non-hydrogen) atoms. The molecule has 0 heterocycles. The van der Waals surface area contributed by atoms with Crippen molar-refractivity contribution in [3.8, 4) is 23.0 Å². The molecule has 2 N–H and O–H groups in total. The highest BCUT2D eigenvalue weighted by Crippen LogP contribution is 2.32. The molecule has 0 amide bonds.